The molecule has 0 spiro atoms. The summed E-state index contributed by atoms with van der Waals surface area (Å²) in [5, 5.41) is 3.24. The lowest BCUT2D eigenvalue weighted by Crippen LogP contribution is -2.04. The standard InChI is InChI=1S/C21H16N4O2S/c1-12-11-28-21(25-12)19(27)14-4-2-13(3-5-14)16-8-17-15(6-7-18(22)26)9-23-20(17)24-10-16/h2-11H,1H3,(H2,22,26)(H,23,24)/b7-6+. The number of nitrogens with zero attached hydrogens (tertiary/aromatic N) is 2. The molecule has 7 heteroatoms. The zero-order valence-corrected chi connectivity index (χ0v) is 15.8. The van der Waals surface area contributed by atoms with Gasteiger partial charge in [-0.05, 0) is 24.6 Å². The third kappa shape index (κ3) is 3.47. The lowest BCUT2D eigenvalue weighted by molar-refractivity contribution is -0.113. The third-order valence-corrected chi connectivity index (χ3v) is 5.24. The van der Waals surface area contributed by atoms with Gasteiger partial charge in [0.15, 0.2) is 5.01 Å². The third-order valence-electron chi connectivity index (χ3n) is 4.28. The fourth-order valence-corrected chi connectivity index (χ4v) is 3.64. The summed E-state index contributed by atoms with van der Waals surface area (Å²) in [5.41, 5.74) is 10.0. The van der Waals surface area contributed by atoms with Crippen LogP contribution in [0.15, 0.2) is 54.2 Å². The lowest BCUT2D eigenvalue weighted by Gasteiger charge is -2.04. The number of hydrogen-bond acceptors (Lipinski definition) is 5. The van der Waals surface area contributed by atoms with E-state index >= 15 is 0 Å². The summed E-state index contributed by atoms with van der Waals surface area (Å²) in [6, 6.07) is 9.36. The van der Waals surface area contributed by atoms with E-state index < -0.39 is 5.91 Å². The molecule has 28 heavy (non-hydrogen) atoms. The molecule has 1 aromatic carbocycles. The summed E-state index contributed by atoms with van der Waals surface area (Å²) in [4.78, 5) is 35.2. The smallest absolute Gasteiger partial charge is 0.241 e. The van der Waals surface area contributed by atoms with Crippen LogP contribution in [-0.2, 0) is 4.79 Å². The van der Waals surface area contributed by atoms with Gasteiger partial charge in [-0.25, -0.2) is 9.97 Å². The van der Waals surface area contributed by atoms with Crippen molar-refractivity contribution >= 4 is 40.1 Å². The second kappa shape index (κ2) is 7.21. The van der Waals surface area contributed by atoms with Crippen molar-refractivity contribution in [3.05, 3.63) is 76.0 Å². The van der Waals surface area contributed by atoms with Crippen LogP contribution in [0.5, 0.6) is 0 Å². The Labute approximate surface area is 164 Å². The number of nitrogens with two attached hydrogens (primary N) is 1. The topological polar surface area (TPSA) is 102 Å². The van der Waals surface area contributed by atoms with Crippen LogP contribution in [0.1, 0.15) is 26.6 Å². The Morgan fingerprint density at radius 2 is 1.96 bits per heavy atom. The number of thiazole rings is 1. The first-order valence-electron chi connectivity index (χ1n) is 8.53. The highest BCUT2D eigenvalue weighted by atomic mass is 32.1. The van der Waals surface area contributed by atoms with Gasteiger partial charge in [0.25, 0.3) is 0 Å². The van der Waals surface area contributed by atoms with Crippen molar-refractivity contribution < 1.29 is 9.59 Å². The van der Waals surface area contributed by atoms with E-state index in [4.69, 9.17) is 5.73 Å². The molecular formula is C21H16N4O2S. The van der Waals surface area contributed by atoms with Gasteiger partial charge in [-0.15, -0.1) is 11.3 Å². The molecule has 0 saturated heterocycles. The number of nitrogens with one attached hydrogen (secondary N) is 1. The molecule has 4 aromatic rings. The Bertz CT molecular complexity index is 1220. The number of carbonyl (C=O) groups is 2. The summed E-state index contributed by atoms with van der Waals surface area (Å²) in [7, 11) is 0. The maximum Gasteiger partial charge on any atom is 0.241 e. The highest BCUT2D eigenvalue weighted by Gasteiger charge is 2.13. The number of aromatic amines is 1. The molecule has 0 saturated carbocycles. The van der Waals surface area contributed by atoms with Gasteiger partial charge in [-0.1, -0.05) is 24.3 Å². The molecule has 0 aliphatic heterocycles. The van der Waals surface area contributed by atoms with Crippen LogP contribution in [0.25, 0.3) is 28.2 Å². The Morgan fingerprint density at radius 1 is 1.18 bits per heavy atom. The summed E-state index contributed by atoms with van der Waals surface area (Å²) < 4.78 is 0. The van der Waals surface area contributed by atoms with E-state index in [0.717, 1.165) is 33.4 Å². The Morgan fingerprint density at radius 3 is 2.64 bits per heavy atom. The molecule has 0 aliphatic rings. The summed E-state index contributed by atoms with van der Waals surface area (Å²) in [6.07, 6.45) is 6.51. The van der Waals surface area contributed by atoms with Gasteiger partial charge in [0.1, 0.15) is 5.65 Å². The number of benzene rings is 1. The van der Waals surface area contributed by atoms with Crippen molar-refractivity contribution in [2.45, 2.75) is 6.92 Å². The molecule has 0 bridgehead atoms. The van der Waals surface area contributed by atoms with Gasteiger partial charge in [-0.2, -0.15) is 0 Å². The van der Waals surface area contributed by atoms with Crippen LogP contribution in [0.2, 0.25) is 0 Å². The van der Waals surface area contributed by atoms with E-state index in [0.29, 0.717) is 10.6 Å². The van der Waals surface area contributed by atoms with E-state index in [1.165, 1.54) is 17.4 Å². The van der Waals surface area contributed by atoms with Crippen molar-refractivity contribution in [3.63, 3.8) is 0 Å². The van der Waals surface area contributed by atoms with Crippen molar-refractivity contribution in [2.24, 2.45) is 5.73 Å². The zero-order valence-electron chi connectivity index (χ0n) is 15.0. The van der Waals surface area contributed by atoms with E-state index in [-0.39, 0.29) is 5.78 Å². The number of aryl methyl sites for hydroxylation is 1. The largest absolute Gasteiger partial charge is 0.366 e. The molecule has 4 rings (SSSR count). The second-order valence-electron chi connectivity index (χ2n) is 6.30. The number of H-pyrrole nitrogens is 1. The van der Waals surface area contributed by atoms with Crippen LogP contribution in [0, 0.1) is 6.92 Å². The van der Waals surface area contributed by atoms with Gasteiger partial charge in [0.05, 0.1) is 0 Å². The van der Waals surface area contributed by atoms with Crippen molar-refractivity contribution in [1.82, 2.24) is 15.0 Å². The Hall–Kier alpha value is -3.58. The predicted octanol–water partition coefficient (Wildman–Crippen LogP) is 3.72. The number of amides is 1. The quantitative estimate of drug-likeness (QED) is 0.402. The fraction of sp³-hybridized carbons (Fsp3) is 0.0476. The first-order chi connectivity index (χ1) is 13.5. The minimum Gasteiger partial charge on any atom is -0.366 e. The minimum absolute atomic E-state index is 0.0808. The van der Waals surface area contributed by atoms with Gasteiger partial charge in [0, 0.05) is 51.6 Å². The maximum absolute atomic E-state index is 12.5. The van der Waals surface area contributed by atoms with Crippen molar-refractivity contribution in [1.29, 1.82) is 0 Å². The van der Waals surface area contributed by atoms with E-state index in [2.05, 4.69) is 15.0 Å². The summed E-state index contributed by atoms with van der Waals surface area (Å²) >= 11 is 1.35. The van der Waals surface area contributed by atoms with Crippen LogP contribution in [0.3, 0.4) is 0 Å². The number of aromatic nitrogens is 3. The average Bonchev–Trinajstić information content (AvgIpc) is 3.31. The van der Waals surface area contributed by atoms with Gasteiger partial charge in [-0.3, -0.25) is 9.59 Å². The molecule has 1 amide bonds. The Balaban J connectivity index is 1.65. The highest BCUT2D eigenvalue weighted by Crippen LogP contribution is 2.26. The minimum atomic E-state index is -0.505. The molecular weight excluding hydrogens is 372 g/mol. The first kappa shape index (κ1) is 17.8. The Kier molecular flexibility index (Phi) is 4.58. The first-order valence-corrected chi connectivity index (χ1v) is 9.41. The van der Waals surface area contributed by atoms with E-state index in [9.17, 15) is 9.59 Å². The molecule has 0 radical (unpaired) electrons. The molecule has 0 unspecified atom stereocenters. The van der Waals surface area contributed by atoms with Crippen LogP contribution in [0.4, 0.5) is 0 Å². The highest BCUT2D eigenvalue weighted by molar-refractivity contribution is 7.12. The average molecular weight is 388 g/mol. The predicted molar refractivity (Wildman–Crippen MR) is 110 cm³/mol. The number of primary amides is 1. The second-order valence-corrected chi connectivity index (χ2v) is 7.16. The normalized spacial score (nSPS) is 11.3. The molecule has 0 atom stereocenters. The number of hydrogen-bond donors (Lipinski definition) is 2. The molecule has 3 aromatic heterocycles. The van der Waals surface area contributed by atoms with Gasteiger partial charge in [0.2, 0.25) is 11.7 Å². The van der Waals surface area contributed by atoms with Gasteiger partial charge < -0.3 is 10.7 Å². The maximum atomic E-state index is 12.5. The number of carbonyl (C=O) groups excluding carboxylic acids is 2. The molecule has 138 valence electrons. The molecule has 3 heterocycles. The lowest BCUT2D eigenvalue weighted by atomic mass is 10.0. The molecule has 0 aliphatic carbocycles. The number of pyridine rings is 1. The van der Waals surface area contributed by atoms with Gasteiger partial charge >= 0.3 is 0 Å². The SMILES string of the molecule is Cc1csc(C(=O)c2ccc(-c3cnc4[nH]cc(/C=C/C(N)=O)c4c3)cc2)n1. The van der Waals surface area contributed by atoms with Crippen molar-refractivity contribution in [2.75, 3.05) is 0 Å². The van der Waals surface area contributed by atoms with Crippen LogP contribution >= 0.6 is 11.3 Å². The van der Waals surface area contributed by atoms with E-state index in [1.54, 1.807) is 30.6 Å². The molecule has 3 N–H and O–H groups in total. The number of rotatable bonds is 5. The van der Waals surface area contributed by atoms with Crippen LogP contribution in [-0.4, -0.2) is 26.6 Å². The molecule has 0 fully saturated rings. The number of ketones is 1. The summed E-state index contributed by atoms with van der Waals surface area (Å²) in [6.45, 7) is 1.87. The zero-order chi connectivity index (χ0) is 19.7. The number of fused-ring (bicyclic) bond motifs is 1. The summed E-state index contributed by atoms with van der Waals surface area (Å²) in [5.74, 6) is -0.586. The molecule has 6 nitrogen and oxygen atoms in total. The van der Waals surface area contributed by atoms with E-state index in [1.807, 2.05) is 30.5 Å². The van der Waals surface area contributed by atoms with Crippen LogP contribution < -0.4 is 5.73 Å². The van der Waals surface area contributed by atoms with Crippen molar-refractivity contribution in [3.8, 4) is 11.1 Å². The monoisotopic (exact) mass is 388 g/mol. The fourth-order valence-electron chi connectivity index (χ4n) is 2.89.